The van der Waals surface area contributed by atoms with Crippen molar-refractivity contribution in [2.45, 2.75) is 39.8 Å². The first-order valence-corrected chi connectivity index (χ1v) is 8.07. The maximum atomic E-state index is 12.2. The minimum atomic E-state index is -0.0282. The number of thiophene rings is 1. The van der Waals surface area contributed by atoms with Gasteiger partial charge in [-0.25, -0.2) is 4.98 Å². The topological polar surface area (TPSA) is 61.0 Å². The summed E-state index contributed by atoms with van der Waals surface area (Å²) in [6.45, 7) is 7.80. The molecule has 21 heavy (non-hydrogen) atoms. The third-order valence-corrected chi connectivity index (χ3v) is 4.82. The minimum absolute atomic E-state index is 0.0282. The van der Waals surface area contributed by atoms with Crippen LogP contribution in [0.15, 0.2) is 4.79 Å². The Morgan fingerprint density at radius 1 is 1.38 bits per heavy atom. The van der Waals surface area contributed by atoms with Crippen LogP contribution < -0.4 is 10.9 Å². The zero-order chi connectivity index (χ0) is 15.6. The molecule has 2 rings (SSSR count). The van der Waals surface area contributed by atoms with Crippen molar-refractivity contribution in [3.63, 3.8) is 0 Å². The fourth-order valence-corrected chi connectivity index (χ4v) is 3.26. The third kappa shape index (κ3) is 3.90. The number of aryl methyl sites for hydroxylation is 2. The van der Waals surface area contributed by atoms with Crippen LogP contribution in [0.4, 0.5) is 0 Å². The summed E-state index contributed by atoms with van der Waals surface area (Å²) >= 11 is 1.59. The lowest BCUT2D eigenvalue weighted by Crippen LogP contribution is -2.30. The van der Waals surface area contributed by atoms with Crippen molar-refractivity contribution in [2.75, 3.05) is 20.6 Å². The summed E-state index contributed by atoms with van der Waals surface area (Å²) in [6.07, 6.45) is 1.07. The van der Waals surface area contributed by atoms with E-state index in [4.69, 9.17) is 0 Å². The van der Waals surface area contributed by atoms with Gasteiger partial charge in [0.25, 0.3) is 5.56 Å². The lowest BCUT2D eigenvalue weighted by Gasteiger charge is -2.16. The summed E-state index contributed by atoms with van der Waals surface area (Å²) in [7, 11) is 4.14. The minimum Gasteiger partial charge on any atom is -0.309 e. The summed E-state index contributed by atoms with van der Waals surface area (Å²) in [5.74, 6) is 0.713. The molecule has 0 amide bonds. The first kappa shape index (κ1) is 16.1. The van der Waals surface area contributed by atoms with Crippen LogP contribution in [0.25, 0.3) is 10.2 Å². The normalized spacial score (nSPS) is 13.2. The van der Waals surface area contributed by atoms with Gasteiger partial charge in [0.15, 0.2) is 0 Å². The first-order valence-electron chi connectivity index (χ1n) is 7.25. The van der Waals surface area contributed by atoms with Crippen LogP contribution in [-0.4, -0.2) is 41.5 Å². The van der Waals surface area contributed by atoms with E-state index < -0.39 is 0 Å². The van der Waals surface area contributed by atoms with E-state index in [1.807, 2.05) is 13.8 Å². The zero-order valence-electron chi connectivity index (χ0n) is 13.4. The predicted octanol–water partition coefficient (Wildman–Crippen LogP) is 2.03. The van der Waals surface area contributed by atoms with Gasteiger partial charge < -0.3 is 15.2 Å². The predicted molar refractivity (Wildman–Crippen MR) is 89.2 cm³/mol. The van der Waals surface area contributed by atoms with Crippen LogP contribution in [0.1, 0.15) is 29.6 Å². The zero-order valence-corrected chi connectivity index (χ0v) is 14.2. The number of aromatic nitrogens is 2. The molecule has 0 aliphatic carbocycles. The fraction of sp³-hybridized carbons (Fsp3) is 0.600. The van der Waals surface area contributed by atoms with E-state index in [-0.39, 0.29) is 5.56 Å². The number of nitrogens with one attached hydrogen (secondary N) is 2. The van der Waals surface area contributed by atoms with Gasteiger partial charge in [-0.05, 0) is 53.4 Å². The Bertz CT molecular complexity index is 674. The summed E-state index contributed by atoms with van der Waals surface area (Å²) in [4.78, 5) is 23.8. The second-order valence-electron chi connectivity index (χ2n) is 5.85. The Hall–Kier alpha value is -1.24. The third-order valence-electron chi connectivity index (χ3n) is 3.72. The van der Waals surface area contributed by atoms with Crippen LogP contribution >= 0.6 is 11.3 Å². The molecule has 5 nitrogen and oxygen atoms in total. The van der Waals surface area contributed by atoms with Gasteiger partial charge in [-0.15, -0.1) is 11.3 Å². The number of nitrogens with zero attached hydrogens (tertiary/aromatic N) is 2. The fourth-order valence-electron chi connectivity index (χ4n) is 2.21. The van der Waals surface area contributed by atoms with E-state index in [2.05, 4.69) is 41.2 Å². The van der Waals surface area contributed by atoms with Crippen LogP contribution in [0.3, 0.4) is 0 Å². The molecule has 116 valence electrons. The van der Waals surface area contributed by atoms with Crippen molar-refractivity contribution in [1.29, 1.82) is 0 Å². The number of fused-ring (bicyclic) bond motifs is 1. The molecule has 2 aromatic rings. The molecule has 1 atom stereocenters. The van der Waals surface area contributed by atoms with E-state index >= 15 is 0 Å². The van der Waals surface area contributed by atoms with Crippen LogP contribution in [0.5, 0.6) is 0 Å². The van der Waals surface area contributed by atoms with E-state index in [0.717, 1.165) is 33.6 Å². The average molecular weight is 308 g/mol. The standard InChI is InChI=1S/C15H24N4OS/c1-9(6-7-19(4)5)16-8-12-17-14(20)13-10(2)11(3)21-15(13)18-12/h9,16H,6-8H2,1-5H3,(H,17,18,20). The smallest absolute Gasteiger partial charge is 0.259 e. The van der Waals surface area contributed by atoms with Crippen molar-refractivity contribution in [1.82, 2.24) is 20.2 Å². The Labute approximate surface area is 129 Å². The lowest BCUT2D eigenvalue weighted by atomic mass is 10.2. The van der Waals surface area contributed by atoms with Gasteiger partial charge in [-0.3, -0.25) is 4.79 Å². The Morgan fingerprint density at radius 3 is 2.76 bits per heavy atom. The number of hydrogen-bond donors (Lipinski definition) is 2. The monoisotopic (exact) mass is 308 g/mol. The van der Waals surface area contributed by atoms with Crippen molar-refractivity contribution in [3.05, 3.63) is 26.6 Å². The van der Waals surface area contributed by atoms with E-state index in [0.29, 0.717) is 18.4 Å². The van der Waals surface area contributed by atoms with Crippen LogP contribution in [-0.2, 0) is 6.54 Å². The SMILES string of the molecule is Cc1sc2nc(CNC(C)CCN(C)C)[nH]c(=O)c2c1C. The molecule has 0 radical (unpaired) electrons. The number of aromatic amines is 1. The Morgan fingerprint density at radius 2 is 2.10 bits per heavy atom. The largest absolute Gasteiger partial charge is 0.309 e. The molecule has 6 heteroatoms. The van der Waals surface area contributed by atoms with Crippen LogP contribution in [0.2, 0.25) is 0 Å². The molecule has 0 saturated heterocycles. The van der Waals surface area contributed by atoms with Gasteiger partial charge in [-0.1, -0.05) is 0 Å². The highest BCUT2D eigenvalue weighted by Gasteiger charge is 2.12. The van der Waals surface area contributed by atoms with E-state index in [9.17, 15) is 4.79 Å². The second-order valence-corrected chi connectivity index (χ2v) is 7.05. The first-order chi connectivity index (χ1) is 9.88. The molecule has 1 unspecified atom stereocenters. The van der Waals surface area contributed by atoms with Gasteiger partial charge in [0.2, 0.25) is 0 Å². The van der Waals surface area contributed by atoms with Gasteiger partial charge >= 0.3 is 0 Å². The number of rotatable bonds is 6. The highest BCUT2D eigenvalue weighted by atomic mass is 32.1. The average Bonchev–Trinajstić information content (AvgIpc) is 2.69. The molecule has 0 bridgehead atoms. The summed E-state index contributed by atoms with van der Waals surface area (Å²) in [5, 5.41) is 4.15. The number of H-pyrrole nitrogens is 1. The highest BCUT2D eigenvalue weighted by molar-refractivity contribution is 7.18. The Balaban J connectivity index is 2.08. The van der Waals surface area contributed by atoms with E-state index in [1.165, 1.54) is 0 Å². The van der Waals surface area contributed by atoms with Gasteiger partial charge in [-0.2, -0.15) is 0 Å². The maximum Gasteiger partial charge on any atom is 0.259 e. The van der Waals surface area contributed by atoms with Crippen molar-refractivity contribution in [2.24, 2.45) is 0 Å². The van der Waals surface area contributed by atoms with Crippen LogP contribution in [0, 0.1) is 13.8 Å². The Kier molecular flexibility index (Phi) is 5.13. The molecule has 2 aromatic heterocycles. The summed E-state index contributed by atoms with van der Waals surface area (Å²) in [6, 6.07) is 0.389. The molecule has 0 spiro atoms. The number of hydrogen-bond acceptors (Lipinski definition) is 5. The molecular weight excluding hydrogens is 284 g/mol. The van der Waals surface area contributed by atoms with Gasteiger partial charge in [0.1, 0.15) is 10.7 Å². The molecule has 0 aliphatic rings. The quantitative estimate of drug-likeness (QED) is 0.857. The lowest BCUT2D eigenvalue weighted by molar-refractivity contribution is 0.364. The van der Waals surface area contributed by atoms with Crippen molar-refractivity contribution in [3.8, 4) is 0 Å². The maximum absolute atomic E-state index is 12.2. The summed E-state index contributed by atoms with van der Waals surface area (Å²) < 4.78 is 0. The second kappa shape index (κ2) is 6.68. The van der Waals surface area contributed by atoms with Gasteiger partial charge in [0, 0.05) is 10.9 Å². The van der Waals surface area contributed by atoms with Gasteiger partial charge in [0.05, 0.1) is 11.9 Å². The van der Waals surface area contributed by atoms with Crippen molar-refractivity contribution < 1.29 is 0 Å². The molecule has 2 N–H and O–H groups in total. The molecule has 0 saturated carbocycles. The van der Waals surface area contributed by atoms with E-state index in [1.54, 1.807) is 11.3 Å². The molecule has 0 aromatic carbocycles. The highest BCUT2D eigenvalue weighted by Crippen LogP contribution is 2.25. The molecule has 0 fully saturated rings. The molecule has 0 aliphatic heterocycles. The molecular formula is C15H24N4OS. The molecule has 2 heterocycles. The van der Waals surface area contributed by atoms with Crippen molar-refractivity contribution >= 4 is 21.6 Å². The summed E-state index contributed by atoms with van der Waals surface area (Å²) in [5.41, 5.74) is 1.02.